The van der Waals surface area contributed by atoms with Gasteiger partial charge < -0.3 is 14.5 Å². The summed E-state index contributed by atoms with van der Waals surface area (Å²) in [5.41, 5.74) is 0.779. The Morgan fingerprint density at radius 1 is 1.12 bits per heavy atom. The van der Waals surface area contributed by atoms with E-state index in [4.69, 9.17) is 4.74 Å². The predicted molar refractivity (Wildman–Crippen MR) is 95.0 cm³/mol. The highest BCUT2D eigenvalue weighted by molar-refractivity contribution is 5.81. The Labute approximate surface area is 149 Å². The number of rotatable bonds is 5. The van der Waals surface area contributed by atoms with Gasteiger partial charge in [-0.05, 0) is 25.0 Å². The summed E-state index contributed by atoms with van der Waals surface area (Å²) in [7, 11) is 0. The minimum absolute atomic E-state index is 0.0770. The largest absolute Gasteiger partial charge is 0.378 e. The van der Waals surface area contributed by atoms with Gasteiger partial charge in [0.2, 0.25) is 5.91 Å². The topological polar surface area (TPSA) is 36.0 Å². The van der Waals surface area contributed by atoms with Crippen molar-refractivity contribution in [1.82, 2.24) is 14.7 Å². The molecule has 1 aromatic rings. The number of hydrogen-bond donors (Lipinski definition) is 0. The Hall–Kier alpha value is -1.50. The van der Waals surface area contributed by atoms with Crippen LogP contribution in [0.25, 0.3) is 0 Å². The van der Waals surface area contributed by atoms with Crippen LogP contribution in [0.5, 0.6) is 0 Å². The van der Waals surface area contributed by atoms with E-state index >= 15 is 0 Å². The molecule has 2 aliphatic rings. The number of hydrogen-bond acceptors (Lipinski definition) is 4. The predicted octanol–water partition coefficient (Wildman–Crippen LogP) is 1.23. The molecule has 0 spiro atoms. The third-order valence-electron chi connectivity index (χ3n) is 5.29. The highest BCUT2D eigenvalue weighted by Gasteiger charge is 2.29. The molecule has 6 heteroatoms. The number of benzene rings is 1. The molecule has 0 aromatic heterocycles. The molecule has 138 valence electrons. The average Bonchev–Trinajstić information content (AvgIpc) is 2.67. The Balaban J connectivity index is 1.43. The average molecular weight is 349 g/mol. The normalized spacial score (nSPS) is 21.3. The fraction of sp³-hybridized carbons (Fsp3) is 0.632. The van der Waals surface area contributed by atoms with E-state index in [-0.39, 0.29) is 17.8 Å². The summed E-state index contributed by atoms with van der Waals surface area (Å²) >= 11 is 0. The summed E-state index contributed by atoms with van der Waals surface area (Å²) in [5.74, 6) is 0.0916. The fourth-order valence-electron chi connectivity index (χ4n) is 3.56. The van der Waals surface area contributed by atoms with Crippen LogP contribution in [-0.2, 0) is 16.0 Å². The van der Waals surface area contributed by atoms with Gasteiger partial charge in [0.15, 0.2) is 0 Å². The second-order valence-corrected chi connectivity index (χ2v) is 6.83. The van der Waals surface area contributed by atoms with Crippen molar-refractivity contribution in [2.45, 2.75) is 19.4 Å². The van der Waals surface area contributed by atoms with Gasteiger partial charge in [-0.2, -0.15) is 0 Å². The summed E-state index contributed by atoms with van der Waals surface area (Å²) in [4.78, 5) is 19.1. The molecule has 1 amide bonds. The third kappa shape index (κ3) is 4.77. The van der Waals surface area contributed by atoms with Crippen molar-refractivity contribution in [2.75, 3.05) is 59.0 Å². The first-order valence-corrected chi connectivity index (χ1v) is 9.21. The Kier molecular flexibility index (Phi) is 6.39. The van der Waals surface area contributed by atoms with Gasteiger partial charge in [0.1, 0.15) is 5.82 Å². The van der Waals surface area contributed by atoms with E-state index in [1.54, 1.807) is 6.07 Å². The lowest BCUT2D eigenvalue weighted by Crippen LogP contribution is -2.56. The Morgan fingerprint density at radius 3 is 2.48 bits per heavy atom. The van der Waals surface area contributed by atoms with Crippen LogP contribution in [-0.4, -0.2) is 85.7 Å². The van der Waals surface area contributed by atoms with Crippen LogP contribution in [0.2, 0.25) is 0 Å². The summed E-state index contributed by atoms with van der Waals surface area (Å²) in [5, 5.41) is 0. The number of morpholine rings is 1. The lowest BCUT2D eigenvalue weighted by molar-refractivity contribution is -0.141. The van der Waals surface area contributed by atoms with Gasteiger partial charge in [0.25, 0.3) is 0 Å². The van der Waals surface area contributed by atoms with Crippen LogP contribution in [0, 0.1) is 5.82 Å². The number of carbonyl (C=O) groups is 1. The summed E-state index contributed by atoms with van der Waals surface area (Å²) in [6.07, 6.45) is 0.731. The first-order valence-electron chi connectivity index (χ1n) is 9.21. The van der Waals surface area contributed by atoms with Crippen LogP contribution in [0.4, 0.5) is 4.39 Å². The summed E-state index contributed by atoms with van der Waals surface area (Å²) in [6.45, 7) is 9.17. The molecule has 2 heterocycles. The first-order chi connectivity index (χ1) is 12.1. The van der Waals surface area contributed by atoms with E-state index in [0.29, 0.717) is 26.3 Å². The van der Waals surface area contributed by atoms with Crippen molar-refractivity contribution in [3.8, 4) is 0 Å². The second-order valence-electron chi connectivity index (χ2n) is 6.83. The number of carbonyl (C=O) groups excluding carboxylic acids is 1. The van der Waals surface area contributed by atoms with Gasteiger partial charge in [0.05, 0.1) is 19.3 Å². The van der Waals surface area contributed by atoms with Crippen LogP contribution < -0.4 is 0 Å². The minimum Gasteiger partial charge on any atom is -0.378 e. The van der Waals surface area contributed by atoms with E-state index in [0.717, 1.165) is 44.7 Å². The maximum atomic E-state index is 13.7. The molecule has 0 saturated carbocycles. The van der Waals surface area contributed by atoms with Crippen LogP contribution in [0.15, 0.2) is 24.3 Å². The van der Waals surface area contributed by atoms with Gasteiger partial charge in [-0.25, -0.2) is 4.39 Å². The Morgan fingerprint density at radius 2 is 1.80 bits per heavy atom. The van der Waals surface area contributed by atoms with E-state index in [2.05, 4.69) is 9.80 Å². The van der Waals surface area contributed by atoms with Crippen molar-refractivity contribution >= 4 is 5.91 Å². The van der Waals surface area contributed by atoms with Gasteiger partial charge in [-0.1, -0.05) is 18.2 Å². The van der Waals surface area contributed by atoms with E-state index < -0.39 is 0 Å². The Bertz CT molecular complexity index is 570. The highest BCUT2D eigenvalue weighted by Crippen LogP contribution is 2.12. The monoisotopic (exact) mass is 349 g/mol. The van der Waals surface area contributed by atoms with E-state index in [9.17, 15) is 9.18 Å². The van der Waals surface area contributed by atoms with Crippen molar-refractivity contribution < 1.29 is 13.9 Å². The molecular weight excluding hydrogens is 321 g/mol. The van der Waals surface area contributed by atoms with Gasteiger partial charge >= 0.3 is 0 Å². The second kappa shape index (κ2) is 8.74. The summed E-state index contributed by atoms with van der Waals surface area (Å²) in [6, 6.07) is 6.91. The molecule has 5 nitrogen and oxygen atoms in total. The zero-order chi connectivity index (χ0) is 17.6. The molecule has 0 bridgehead atoms. The molecule has 0 radical (unpaired) electrons. The quantitative estimate of drug-likeness (QED) is 0.801. The number of nitrogens with zero attached hydrogens (tertiary/aromatic N) is 3. The van der Waals surface area contributed by atoms with Crippen LogP contribution >= 0.6 is 0 Å². The zero-order valence-corrected chi connectivity index (χ0v) is 15.0. The number of piperazine rings is 1. The smallest absolute Gasteiger partial charge is 0.239 e. The lowest BCUT2D eigenvalue weighted by atomic mass is 10.1. The van der Waals surface area contributed by atoms with Crippen molar-refractivity contribution in [2.24, 2.45) is 0 Å². The molecule has 0 aliphatic carbocycles. The van der Waals surface area contributed by atoms with Crippen molar-refractivity contribution in [3.63, 3.8) is 0 Å². The van der Waals surface area contributed by atoms with Gasteiger partial charge in [-0.15, -0.1) is 0 Å². The SMILES string of the molecule is C[C@H](C(=O)N1CCOCC1)N1CCN(CCc2ccccc2F)CC1. The van der Waals surface area contributed by atoms with Crippen molar-refractivity contribution in [1.29, 1.82) is 0 Å². The van der Waals surface area contributed by atoms with E-state index in [1.165, 1.54) is 6.07 Å². The maximum Gasteiger partial charge on any atom is 0.239 e. The zero-order valence-electron chi connectivity index (χ0n) is 15.0. The minimum atomic E-state index is -0.120. The molecule has 1 aromatic carbocycles. The molecule has 0 N–H and O–H groups in total. The highest BCUT2D eigenvalue weighted by atomic mass is 19.1. The molecule has 2 aliphatic heterocycles. The molecular formula is C19H28FN3O2. The summed E-state index contributed by atoms with van der Waals surface area (Å²) < 4.78 is 19.0. The standard InChI is InChI=1S/C19H28FN3O2/c1-16(19(24)23-12-14-25-15-13-23)22-10-8-21(9-11-22)7-6-17-4-2-3-5-18(17)20/h2-5,16H,6-15H2,1H3/t16-/m1/s1. The molecule has 2 fully saturated rings. The molecule has 1 atom stereocenters. The first kappa shape index (κ1) is 18.3. The fourth-order valence-corrected chi connectivity index (χ4v) is 3.56. The number of ether oxygens (including phenoxy) is 1. The third-order valence-corrected chi connectivity index (χ3v) is 5.29. The maximum absolute atomic E-state index is 13.7. The molecule has 2 saturated heterocycles. The number of halogens is 1. The van der Waals surface area contributed by atoms with Gasteiger partial charge in [0, 0.05) is 45.8 Å². The number of amides is 1. The van der Waals surface area contributed by atoms with Gasteiger partial charge in [-0.3, -0.25) is 9.69 Å². The molecule has 0 unspecified atom stereocenters. The molecule has 3 rings (SSSR count). The van der Waals surface area contributed by atoms with E-state index in [1.807, 2.05) is 24.0 Å². The van der Waals surface area contributed by atoms with Crippen LogP contribution in [0.3, 0.4) is 0 Å². The van der Waals surface area contributed by atoms with Crippen LogP contribution in [0.1, 0.15) is 12.5 Å². The molecule has 25 heavy (non-hydrogen) atoms. The van der Waals surface area contributed by atoms with Crippen molar-refractivity contribution in [3.05, 3.63) is 35.6 Å². The lowest BCUT2D eigenvalue weighted by Gasteiger charge is -2.39.